The van der Waals surface area contributed by atoms with Crippen LogP contribution in [-0.4, -0.2) is 33.9 Å². The lowest BCUT2D eigenvalue weighted by Gasteiger charge is -2.30. The Hall–Kier alpha value is -1.97. The lowest BCUT2D eigenvalue weighted by atomic mass is 9.97. The Morgan fingerprint density at radius 2 is 2.30 bits per heavy atom. The molecule has 0 radical (unpaired) electrons. The first-order chi connectivity index (χ1) is 9.41. The van der Waals surface area contributed by atoms with Gasteiger partial charge in [-0.05, 0) is 25.7 Å². The maximum atomic E-state index is 12.5. The number of piperidine rings is 1. The van der Waals surface area contributed by atoms with Gasteiger partial charge in [-0.3, -0.25) is 4.79 Å². The fourth-order valence-electron chi connectivity index (χ4n) is 2.26. The number of nitrogens with one attached hydrogen (secondary N) is 1. The number of alkyl halides is 3. The number of aromatic amines is 1. The van der Waals surface area contributed by atoms with Gasteiger partial charge in [-0.1, -0.05) is 5.92 Å². The summed E-state index contributed by atoms with van der Waals surface area (Å²) < 4.78 is 37.6. The van der Waals surface area contributed by atoms with E-state index in [1.807, 2.05) is 0 Å². The van der Waals surface area contributed by atoms with Crippen LogP contribution in [0.4, 0.5) is 13.2 Å². The van der Waals surface area contributed by atoms with E-state index in [9.17, 15) is 18.0 Å². The molecule has 0 spiro atoms. The third kappa shape index (κ3) is 3.13. The molecule has 1 aromatic heterocycles. The largest absolute Gasteiger partial charge is 0.432 e. The number of H-pyrrole nitrogens is 1. The summed E-state index contributed by atoms with van der Waals surface area (Å²) in [6.45, 7) is 2.50. The summed E-state index contributed by atoms with van der Waals surface area (Å²) in [6, 6.07) is 0. The van der Waals surface area contributed by atoms with Crippen molar-refractivity contribution in [1.29, 1.82) is 0 Å². The molecule has 1 fully saturated rings. The van der Waals surface area contributed by atoms with Crippen molar-refractivity contribution in [2.75, 3.05) is 13.1 Å². The van der Waals surface area contributed by atoms with Gasteiger partial charge in [0.05, 0.1) is 6.20 Å². The van der Waals surface area contributed by atoms with E-state index in [-0.39, 0.29) is 17.6 Å². The molecule has 20 heavy (non-hydrogen) atoms. The van der Waals surface area contributed by atoms with E-state index in [0.717, 1.165) is 12.6 Å². The molecule has 4 nitrogen and oxygen atoms in total. The van der Waals surface area contributed by atoms with Crippen LogP contribution < -0.4 is 0 Å². The van der Waals surface area contributed by atoms with E-state index in [2.05, 4.69) is 21.8 Å². The van der Waals surface area contributed by atoms with Crippen LogP contribution in [0.15, 0.2) is 6.20 Å². The van der Waals surface area contributed by atoms with Crippen LogP contribution in [0.2, 0.25) is 0 Å². The maximum absolute atomic E-state index is 12.5. The molecule has 108 valence electrons. The van der Waals surface area contributed by atoms with E-state index < -0.39 is 11.9 Å². The average Bonchev–Trinajstić information content (AvgIpc) is 2.89. The van der Waals surface area contributed by atoms with Crippen LogP contribution in [0.25, 0.3) is 0 Å². The monoisotopic (exact) mass is 285 g/mol. The topological polar surface area (TPSA) is 49.0 Å². The van der Waals surface area contributed by atoms with Crippen molar-refractivity contribution in [2.24, 2.45) is 0 Å². The van der Waals surface area contributed by atoms with Gasteiger partial charge < -0.3 is 9.88 Å². The summed E-state index contributed by atoms with van der Waals surface area (Å²) in [4.78, 5) is 19.3. The van der Waals surface area contributed by atoms with Crippen LogP contribution in [0.3, 0.4) is 0 Å². The predicted molar refractivity (Wildman–Crippen MR) is 65.6 cm³/mol. The molecule has 2 rings (SSSR count). The van der Waals surface area contributed by atoms with Gasteiger partial charge in [-0.15, -0.1) is 0 Å². The SMILES string of the molecule is CC#CC(=O)N1CCC[C@@H](c2ncc(C(F)(F)F)[nH]2)C1. The number of carbonyl (C=O) groups excluding carboxylic acids is 1. The molecule has 7 heteroatoms. The number of nitrogens with zero attached hydrogens (tertiary/aromatic N) is 2. The summed E-state index contributed by atoms with van der Waals surface area (Å²) in [7, 11) is 0. The van der Waals surface area contributed by atoms with Gasteiger partial charge in [0.1, 0.15) is 11.5 Å². The lowest BCUT2D eigenvalue weighted by molar-refractivity contribution is -0.141. The van der Waals surface area contributed by atoms with Crippen molar-refractivity contribution in [1.82, 2.24) is 14.9 Å². The van der Waals surface area contributed by atoms with E-state index in [0.29, 0.717) is 19.5 Å². The Morgan fingerprint density at radius 1 is 1.55 bits per heavy atom. The first-order valence-corrected chi connectivity index (χ1v) is 6.25. The molecule has 1 aromatic rings. The highest BCUT2D eigenvalue weighted by atomic mass is 19.4. The normalized spacial score (nSPS) is 19.4. The quantitative estimate of drug-likeness (QED) is 0.804. The van der Waals surface area contributed by atoms with Crippen LogP contribution in [-0.2, 0) is 11.0 Å². The molecule has 1 N–H and O–H groups in total. The number of hydrogen-bond donors (Lipinski definition) is 1. The first kappa shape index (κ1) is 14.4. The van der Waals surface area contributed by atoms with Crippen molar-refractivity contribution in [3.8, 4) is 11.8 Å². The van der Waals surface area contributed by atoms with E-state index in [1.165, 1.54) is 0 Å². The third-order valence-corrected chi connectivity index (χ3v) is 3.23. The molecule has 0 bridgehead atoms. The summed E-state index contributed by atoms with van der Waals surface area (Å²) in [5, 5.41) is 0. The Morgan fingerprint density at radius 3 is 2.90 bits per heavy atom. The Bertz CT molecular complexity index is 553. The number of rotatable bonds is 1. The Balaban J connectivity index is 2.10. The zero-order valence-corrected chi connectivity index (χ0v) is 10.9. The molecule has 1 amide bonds. The zero-order valence-electron chi connectivity index (χ0n) is 10.9. The molecule has 1 atom stereocenters. The highest BCUT2D eigenvalue weighted by Crippen LogP contribution is 2.30. The van der Waals surface area contributed by atoms with E-state index in [1.54, 1.807) is 11.8 Å². The second kappa shape index (κ2) is 5.57. The molecule has 0 aliphatic carbocycles. The van der Waals surface area contributed by atoms with Crippen LogP contribution in [0, 0.1) is 11.8 Å². The number of aromatic nitrogens is 2. The number of halogens is 3. The van der Waals surface area contributed by atoms with E-state index in [4.69, 9.17) is 0 Å². The fraction of sp³-hybridized carbons (Fsp3) is 0.538. The third-order valence-electron chi connectivity index (χ3n) is 3.23. The van der Waals surface area contributed by atoms with Gasteiger partial charge in [0.15, 0.2) is 0 Å². The Labute approximate surface area is 114 Å². The predicted octanol–water partition coefficient (Wildman–Crippen LogP) is 2.16. The van der Waals surface area contributed by atoms with Crippen molar-refractivity contribution < 1.29 is 18.0 Å². The smallest absolute Gasteiger partial charge is 0.338 e. The van der Waals surface area contributed by atoms with E-state index >= 15 is 0 Å². The molecule has 1 aliphatic heterocycles. The first-order valence-electron chi connectivity index (χ1n) is 6.25. The second-order valence-corrected chi connectivity index (χ2v) is 4.65. The molecule has 2 heterocycles. The minimum Gasteiger partial charge on any atom is -0.338 e. The van der Waals surface area contributed by atoms with Gasteiger partial charge in [0, 0.05) is 19.0 Å². The zero-order chi connectivity index (χ0) is 14.8. The molecule has 1 aliphatic rings. The summed E-state index contributed by atoms with van der Waals surface area (Å²) in [5.41, 5.74) is -0.857. The van der Waals surface area contributed by atoms with Gasteiger partial charge >= 0.3 is 6.18 Å². The highest BCUT2D eigenvalue weighted by Gasteiger charge is 2.34. The molecule has 0 aromatic carbocycles. The fourth-order valence-corrected chi connectivity index (χ4v) is 2.26. The molecular formula is C13H14F3N3O. The molecule has 1 saturated heterocycles. The molecular weight excluding hydrogens is 271 g/mol. The second-order valence-electron chi connectivity index (χ2n) is 4.65. The summed E-state index contributed by atoms with van der Waals surface area (Å²) in [6.07, 6.45) is -2.21. The summed E-state index contributed by atoms with van der Waals surface area (Å²) >= 11 is 0. The number of amides is 1. The standard InChI is InChI=1S/C13H14F3N3O/c1-2-4-11(20)19-6-3-5-9(8-19)12-17-7-10(18-12)13(14,15)16/h7,9H,3,5-6,8H2,1H3,(H,17,18)/t9-/m1/s1. The number of imidazole rings is 1. The number of hydrogen-bond acceptors (Lipinski definition) is 2. The van der Waals surface area contributed by atoms with Gasteiger partial charge in [-0.2, -0.15) is 13.2 Å². The van der Waals surface area contributed by atoms with Crippen LogP contribution >= 0.6 is 0 Å². The minimum atomic E-state index is -4.43. The van der Waals surface area contributed by atoms with Crippen molar-refractivity contribution in [2.45, 2.75) is 31.9 Å². The number of likely N-dealkylation sites (tertiary alicyclic amines) is 1. The highest BCUT2D eigenvalue weighted by molar-refractivity contribution is 5.93. The molecule has 0 unspecified atom stereocenters. The van der Waals surface area contributed by atoms with Gasteiger partial charge in [0.2, 0.25) is 0 Å². The van der Waals surface area contributed by atoms with Gasteiger partial charge in [-0.25, -0.2) is 4.98 Å². The van der Waals surface area contributed by atoms with Crippen LogP contribution in [0.5, 0.6) is 0 Å². The average molecular weight is 285 g/mol. The number of carbonyl (C=O) groups is 1. The van der Waals surface area contributed by atoms with Crippen LogP contribution in [0.1, 0.15) is 37.2 Å². The van der Waals surface area contributed by atoms with Crippen molar-refractivity contribution in [3.63, 3.8) is 0 Å². The minimum absolute atomic E-state index is 0.206. The lowest BCUT2D eigenvalue weighted by Crippen LogP contribution is -2.38. The Kier molecular flexibility index (Phi) is 4.02. The van der Waals surface area contributed by atoms with Crippen molar-refractivity contribution in [3.05, 3.63) is 17.7 Å². The molecule has 0 saturated carbocycles. The maximum Gasteiger partial charge on any atom is 0.432 e. The van der Waals surface area contributed by atoms with Gasteiger partial charge in [0.25, 0.3) is 5.91 Å². The van der Waals surface area contributed by atoms with Crippen molar-refractivity contribution >= 4 is 5.91 Å². The summed E-state index contributed by atoms with van der Waals surface area (Å²) in [5.74, 6) is 4.75.